The zero-order valence-electron chi connectivity index (χ0n) is 13.9. The molecule has 3 rings (SSSR count). The second-order valence-corrected chi connectivity index (χ2v) is 7.58. The number of thiazole rings is 1. The molecule has 1 aliphatic heterocycles. The lowest BCUT2D eigenvalue weighted by molar-refractivity contribution is -0.130. The van der Waals surface area contributed by atoms with Crippen LogP contribution in [0.4, 0.5) is 5.13 Å². The van der Waals surface area contributed by atoms with Crippen molar-refractivity contribution in [3.05, 3.63) is 11.1 Å². The molecule has 10 heteroatoms. The van der Waals surface area contributed by atoms with E-state index in [1.807, 2.05) is 11.8 Å². The lowest BCUT2D eigenvalue weighted by Crippen LogP contribution is -2.35. The third-order valence-corrected chi connectivity index (χ3v) is 5.89. The number of hydrogen-bond acceptors (Lipinski definition) is 8. The van der Waals surface area contributed by atoms with E-state index in [4.69, 9.17) is 0 Å². The van der Waals surface area contributed by atoms with Crippen LogP contribution < -0.4 is 4.90 Å². The van der Waals surface area contributed by atoms with E-state index in [0.717, 1.165) is 48.6 Å². The lowest BCUT2D eigenvalue weighted by Gasteiger charge is -2.21. The number of carbonyl (C=O) groups excluding carboxylic acids is 1. The summed E-state index contributed by atoms with van der Waals surface area (Å²) < 4.78 is 1.62. The van der Waals surface area contributed by atoms with Crippen molar-refractivity contribution >= 4 is 34.1 Å². The van der Waals surface area contributed by atoms with Crippen LogP contribution in [0.25, 0.3) is 0 Å². The van der Waals surface area contributed by atoms with Gasteiger partial charge in [-0.3, -0.25) is 4.79 Å². The molecule has 1 fully saturated rings. The molecule has 130 valence electrons. The SMILES string of the molecule is Cc1csc(N2CCCN(C(=O)CCSc3nnnn3C)CC2)n1. The van der Waals surface area contributed by atoms with Crippen LogP contribution in [0.2, 0.25) is 0 Å². The molecule has 0 aromatic carbocycles. The van der Waals surface area contributed by atoms with Gasteiger partial charge in [0, 0.05) is 50.8 Å². The van der Waals surface area contributed by atoms with Gasteiger partial charge in [0.15, 0.2) is 5.13 Å². The molecule has 0 radical (unpaired) electrons. The van der Waals surface area contributed by atoms with Crippen LogP contribution in [0.3, 0.4) is 0 Å². The molecule has 0 atom stereocenters. The van der Waals surface area contributed by atoms with Crippen molar-refractivity contribution in [2.24, 2.45) is 7.05 Å². The molecule has 2 aromatic heterocycles. The van der Waals surface area contributed by atoms with Gasteiger partial charge in [0.1, 0.15) is 0 Å². The van der Waals surface area contributed by atoms with Gasteiger partial charge in [0.2, 0.25) is 11.1 Å². The maximum absolute atomic E-state index is 12.4. The standard InChI is InChI=1S/C14H21N7OS2/c1-11-10-24-13(15-11)21-6-3-5-20(7-8-21)12(22)4-9-23-14-16-17-18-19(14)2/h10H,3-9H2,1-2H3. The first-order valence-corrected chi connectivity index (χ1v) is 9.80. The first-order valence-electron chi connectivity index (χ1n) is 7.93. The van der Waals surface area contributed by atoms with Crippen LogP contribution in [0, 0.1) is 6.92 Å². The molecule has 1 aliphatic rings. The predicted octanol–water partition coefficient (Wildman–Crippen LogP) is 1.20. The maximum atomic E-state index is 12.4. The minimum Gasteiger partial charge on any atom is -0.346 e. The number of aromatic nitrogens is 5. The minimum absolute atomic E-state index is 0.204. The maximum Gasteiger partial charge on any atom is 0.223 e. The Labute approximate surface area is 149 Å². The molecule has 3 heterocycles. The molecule has 0 aliphatic carbocycles. The van der Waals surface area contributed by atoms with Gasteiger partial charge in [-0.25, -0.2) is 9.67 Å². The average molecular weight is 368 g/mol. The Bertz CT molecular complexity index is 686. The molecule has 1 amide bonds. The van der Waals surface area contributed by atoms with Gasteiger partial charge >= 0.3 is 0 Å². The highest BCUT2D eigenvalue weighted by atomic mass is 32.2. The molecule has 0 saturated carbocycles. The number of rotatable bonds is 5. The number of hydrogen-bond donors (Lipinski definition) is 0. The first-order chi connectivity index (χ1) is 11.6. The Kier molecular flexibility index (Phi) is 5.67. The van der Waals surface area contributed by atoms with E-state index in [1.165, 1.54) is 11.8 Å². The van der Waals surface area contributed by atoms with E-state index >= 15 is 0 Å². The van der Waals surface area contributed by atoms with Crippen molar-refractivity contribution in [3.63, 3.8) is 0 Å². The summed E-state index contributed by atoms with van der Waals surface area (Å²) in [7, 11) is 1.80. The third-order valence-electron chi connectivity index (χ3n) is 3.85. The van der Waals surface area contributed by atoms with Gasteiger partial charge in [-0.2, -0.15) is 0 Å². The number of carbonyl (C=O) groups is 1. The van der Waals surface area contributed by atoms with Gasteiger partial charge in [-0.15, -0.1) is 16.4 Å². The predicted molar refractivity (Wildman–Crippen MR) is 94.4 cm³/mol. The molecule has 8 nitrogen and oxygen atoms in total. The van der Waals surface area contributed by atoms with Crippen molar-refractivity contribution in [2.75, 3.05) is 36.8 Å². The highest BCUT2D eigenvalue weighted by Gasteiger charge is 2.20. The van der Waals surface area contributed by atoms with E-state index < -0.39 is 0 Å². The normalized spacial score (nSPS) is 15.6. The Morgan fingerprint density at radius 2 is 2.21 bits per heavy atom. The summed E-state index contributed by atoms with van der Waals surface area (Å²) in [6.45, 7) is 5.39. The highest BCUT2D eigenvalue weighted by molar-refractivity contribution is 7.99. The second-order valence-electron chi connectivity index (χ2n) is 5.68. The van der Waals surface area contributed by atoms with Gasteiger partial charge in [-0.1, -0.05) is 11.8 Å². The molecule has 0 unspecified atom stereocenters. The number of anilines is 1. The molecule has 24 heavy (non-hydrogen) atoms. The molecule has 2 aromatic rings. The molecular formula is C14H21N7OS2. The summed E-state index contributed by atoms with van der Waals surface area (Å²) in [6.07, 6.45) is 1.48. The van der Waals surface area contributed by atoms with Gasteiger partial charge in [0.25, 0.3) is 0 Å². The van der Waals surface area contributed by atoms with E-state index in [1.54, 1.807) is 23.1 Å². The summed E-state index contributed by atoms with van der Waals surface area (Å²) in [5.74, 6) is 0.897. The smallest absolute Gasteiger partial charge is 0.223 e. The molecule has 1 saturated heterocycles. The van der Waals surface area contributed by atoms with Crippen molar-refractivity contribution in [1.82, 2.24) is 30.1 Å². The first kappa shape index (κ1) is 17.2. The van der Waals surface area contributed by atoms with Gasteiger partial charge < -0.3 is 9.80 Å². The van der Waals surface area contributed by atoms with Crippen molar-refractivity contribution in [2.45, 2.75) is 24.9 Å². The number of aryl methyl sites for hydroxylation is 2. The lowest BCUT2D eigenvalue weighted by atomic mass is 10.3. The monoisotopic (exact) mass is 367 g/mol. The highest BCUT2D eigenvalue weighted by Crippen LogP contribution is 2.22. The quantitative estimate of drug-likeness (QED) is 0.735. The molecule has 0 bridgehead atoms. The fourth-order valence-electron chi connectivity index (χ4n) is 2.58. The summed E-state index contributed by atoms with van der Waals surface area (Å²) in [5.41, 5.74) is 1.06. The minimum atomic E-state index is 0.204. The van der Waals surface area contributed by atoms with Crippen LogP contribution in [-0.4, -0.2) is 67.9 Å². The molecular weight excluding hydrogens is 346 g/mol. The second kappa shape index (κ2) is 7.93. The van der Waals surface area contributed by atoms with Crippen LogP contribution in [-0.2, 0) is 11.8 Å². The van der Waals surface area contributed by atoms with Crippen LogP contribution in [0.15, 0.2) is 10.5 Å². The molecule has 0 spiro atoms. The Morgan fingerprint density at radius 1 is 1.33 bits per heavy atom. The van der Waals surface area contributed by atoms with Gasteiger partial charge in [-0.05, 0) is 23.8 Å². The summed E-state index contributed by atoms with van der Waals surface area (Å²) in [5, 5.41) is 15.2. The summed E-state index contributed by atoms with van der Waals surface area (Å²) >= 11 is 3.19. The summed E-state index contributed by atoms with van der Waals surface area (Å²) in [4.78, 5) is 21.2. The number of amides is 1. The van der Waals surface area contributed by atoms with Crippen molar-refractivity contribution in [3.8, 4) is 0 Å². The van der Waals surface area contributed by atoms with E-state index in [2.05, 4.69) is 30.8 Å². The molecule has 0 N–H and O–H groups in total. The fraction of sp³-hybridized carbons (Fsp3) is 0.643. The van der Waals surface area contributed by atoms with E-state index in [-0.39, 0.29) is 5.91 Å². The van der Waals surface area contributed by atoms with Crippen molar-refractivity contribution in [1.29, 1.82) is 0 Å². The number of thioether (sulfide) groups is 1. The van der Waals surface area contributed by atoms with E-state index in [9.17, 15) is 4.79 Å². The summed E-state index contributed by atoms with van der Waals surface area (Å²) in [6, 6.07) is 0. The number of nitrogens with zero attached hydrogens (tertiary/aromatic N) is 7. The van der Waals surface area contributed by atoms with Crippen LogP contribution in [0.1, 0.15) is 18.5 Å². The largest absolute Gasteiger partial charge is 0.346 e. The third kappa shape index (κ3) is 4.23. The fourth-order valence-corrected chi connectivity index (χ4v) is 4.21. The van der Waals surface area contributed by atoms with Crippen LogP contribution in [0.5, 0.6) is 0 Å². The zero-order valence-corrected chi connectivity index (χ0v) is 15.5. The van der Waals surface area contributed by atoms with E-state index in [0.29, 0.717) is 12.2 Å². The zero-order chi connectivity index (χ0) is 16.9. The van der Waals surface area contributed by atoms with Gasteiger partial charge in [0.05, 0.1) is 5.69 Å². The number of tetrazole rings is 1. The Morgan fingerprint density at radius 3 is 2.92 bits per heavy atom. The average Bonchev–Trinajstić information content (AvgIpc) is 3.08. The van der Waals surface area contributed by atoms with Crippen molar-refractivity contribution < 1.29 is 4.79 Å². The van der Waals surface area contributed by atoms with Crippen LogP contribution >= 0.6 is 23.1 Å². The Hall–Kier alpha value is -1.68. The Balaban J connectivity index is 1.46. The topological polar surface area (TPSA) is 80.0 Å².